The summed E-state index contributed by atoms with van der Waals surface area (Å²) < 4.78 is 5.62. The van der Waals surface area contributed by atoms with Crippen LogP contribution < -0.4 is 86.3 Å². The maximum absolute atomic E-state index is 14.7. The van der Waals surface area contributed by atoms with Crippen LogP contribution in [0.15, 0.2) is 54.7 Å². The molecule has 43 heteroatoms. The molecule has 1 saturated heterocycles. The number of benzene rings is 2. The highest BCUT2D eigenvalue weighted by Crippen LogP contribution is 2.21. The van der Waals surface area contributed by atoms with E-state index in [2.05, 4.69) is 52.8 Å². The molecule has 1 aromatic heterocycles. The van der Waals surface area contributed by atoms with E-state index >= 15 is 0 Å². The summed E-state index contributed by atoms with van der Waals surface area (Å²) in [5.74, 6) is -28.3. The number of rotatable bonds is 28. The van der Waals surface area contributed by atoms with Gasteiger partial charge in [0.25, 0.3) is 0 Å². The molecule has 25 N–H and O–H groups in total. The van der Waals surface area contributed by atoms with Gasteiger partial charge in [0.2, 0.25) is 82.7 Å². The summed E-state index contributed by atoms with van der Waals surface area (Å²) in [6, 6.07) is -10.6. The molecule has 14 amide bonds. The predicted octanol–water partition coefficient (Wildman–Crippen LogP) is -8.60. The first-order valence-corrected chi connectivity index (χ1v) is 32.9. The monoisotopic (exact) mass is 1510 g/mol. The number of amides is 14. The molecule has 1 aliphatic heterocycles. The number of carbonyl (C=O) groups is 20. The first-order chi connectivity index (χ1) is 50.4. The zero-order chi connectivity index (χ0) is 79.9. The molecule has 4 rings (SSSR count). The third-order valence-electron chi connectivity index (χ3n) is 15.8. The second-order valence-corrected chi connectivity index (χ2v) is 24.2. The fourth-order valence-electron chi connectivity index (χ4n) is 10.2. The molecule has 43 nitrogen and oxygen atoms in total. The minimum atomic E-state index is -2.44. The molecule has 2 heterocycles. The number of carboxylic acid groups (broad SMARTS) is 4. The van der Waals surface area contributed by atoms with Crippen LogP contribution in [-0.2, 0) is 102 Å². The number of esters is 1. The number of aliphatic hydroxyl groups excluding tert-OH is 1. The lowest BCUT2D eigenvalue weighted by molar-refractivity contribution is -0.156. The number of nitrogen functional groups attached to an aromatic ring is 1. The SMILES string of the molecule is CCC(=O)NC(Cc1c[nH]c2ccccc12)C(=O)NC(CC(N)=O)C(=O)NC(CC(=O)O)C(=O)NC1C(=O)NCC(=O)NC(CCCN)C(=O)NC(CC(=O)O)C(=O)NC(C)C(=O)NC(CC(=O)O)C(=O)NCC(=O)NC(CO)C(=O)NC(CCC(=O)O)C(=O)NC(CC(=O)c2ccccc2N)C(=O)OC1C. The number of aromatic nitrogens is 1. The first kappa shape index (κ1) is 86.7. The highest BCUT2D eigenvalue weighted by molar-refractivity contribution is 6.05. The van der Waals surface area contributed by atoms with Crippen LogP contribution >= 0.6 is 0 Å². The van der Waals surface area contributed by atoms with Gasteiger partial charge in [-0.2, -0.15) is 0 Å². The van der Waals surface area contributed by atoms with E-state index in [1.807, 2.05) is 21.3 Å². The van der Waals surface area contributed by atoms with Crippen LogP contribution in [0.2, 0.25) is 0 Å². The Morgan fingerprint density at radius 1 is 0.561 bits per heavy atom. The van der Waals surface area contributed by atoms with Gasteiger partial charge in [0.15, 0.2) is 5.78 Å². The van der Waals surface area contributed by atoms with Gasteiger partial charge in [0.05, 0.1) is 45.4 Å². The summed E-state index contributed by atoms with van der Waals surface area (Å²) in [6.45, 7) is -0.583. The van der Waals surface area contributed by atoms with Crippen molar-refractivity contribution in [3.05, 3.63) is 65.9 Å². The molecule has 12 unspecified atom stereocenters. The standard InChI is InChI=1S/C64H85N17O26/c1-4-46(85)73-37(18-30-24-68-34-13-8-6-10-31(30)34)59(101)77-38(20-45(67)84)60(102)79-41(23-52(94)95)61(103)81-53-29(3)107-64(106)42(19-44(83)32-11-5-7-12-33(32)66)80-57(99)36(15-16-49(88)89)75-62(104)43(27-82)74-48(87)25-69-55(97)39(21-50(90)91)76-54(96)28(2)71-58(100)40(22-51(92)93)78-56(98)35(14-9-17-65)72-47(86)26-70-63(53)105/h5-8,10-13,24,28-29,35-43,53,68,82H,4,9,14-23,25-27,65-66H2,1-3H3,(H2,67,84)(H,69,97)(H,70,105)(H,71,100)(H,72,86)(H,73,85)(H,74,87)(H,75,104)(H,76,96)(H,77,101)(H,78,98)(H,79,102)(H,80,99)(H,81,103)(H,88,89)(H,90,91)(H,92,93)(H,94,95). The van der Waals surface area contributed by atoms with Crippen LogP contribution in [0.5, 0.6) is 0 Å². The normalized spacial score (nSPS) is 21.6. The number of H-pyrrole nitrogens is 1. The zero-order valence-electron chi connectivity index (χ0n) is 57.8. The maximum Gasteiger partial charge on any atom is 0.329 e. The summed E-state index contributed by atoms with van der Waals surface area (Å²) in [5, 5.41) is 77.6. The Kier molecular flexibility index (Phi) is 34.2. The Morgan fingerprint density at radius 3 is 1.66 bits per heavy atom. The fourth-order valence-corrected chi connectivity index (χ4v) is 10.2. The van der Waals surface area contributed by atoms with Gasteiger partial charge in [-0.05, 0) is 63.4 Å². The van der Waals surface area contributed by atoms with Gasteiger partial charge in [-0.3, -0.25) is 91.1 Å². The Labute approximate surface area is 606 Å². The van der Waals surface area contributed by atoms with Crippen LogP contribution in [0.25, 0.3) is 10.9 Å². The fraction of sp³-hybridized carbons (Fsp3) is 0.469. The molecule has 0 bridgehead atoms. The van der Waals surface area contributed by atoms with Gasteiger partial charge in [-0.15, -0.1) is 0 Å². The molecule has 0 aliphatic carbocycles. The lowest BCUT2D eigenvalue weighted by Gasteiger charge is -2.29. The smallest absolute Gasteiger partial charge is 0.329 e. The van der Waals surface area contributed by atoms with E-state index < -0.39 is 262 Å². The van der Waals surface area contributed by atoms with Gasteiger partial charge in [-0.25, -0.2) is 4.79 Å². The van der Waals surface area contributed by atoms with Crippen LogP contribution in [0.3, 0.4) is 0 Å². The molecule has 0 radical (unpaired) electrons. The lowest BCUT2D eigenvalue weighted by Crippen LogP contribution is -2.61. The predicted molar refractivity (Wildman–Crippen MR) is 363 cm³/mol. The number of hydrogen-bond acceptors (Lipinski definition) is 24. The molecule has 2 aromatic carbocycles. The van der Waals surface area contributed by atoms with Crippen molar-refractivity contribution in [3.63, 3.8) is 0 Å². The van der Waals surface area contributed by atoms with Crippen molar-refractivity contribution in [1.82, 2.24) is 74.1 Å². The van der Waals surface area contributed by atoms with E-state index in [0.29, 0.717) is 16.5 Å². The largest absolute Gasteiger partial charge is 0.481 e. The van der Waals surface area contributed by atoms with E-state index in [1.165, 1.54) is 31.2 Å². The minimum absolute atomic E-state index is 0.0930. The average molecular weight is 1510 g/mol. The molecular formula is C64H85N17O26. The van der Waals surface area contributed by atoms with Crippen molar-refractivity contribution >= 4 is 135 Å². The van der Waals surface area contributed by atoms with Crippen molar-refractivity contribution < 1.29 is 126 Å². The van der Waals surface area contributed by atoms with E-state index in [1.54, 1.807) is 30.5 Å². The number of aromatic amines is 1. The molecule has 1 aliphatic rings. The highest BCUT2D eigenvalue weighted by atomic mass is 16.5. The van der Waals surface area contributed by atoms with Crippen LogP contribution in [-0.4, -0.2) is 248 Å². The molecule has 0 spiro atoms. The van der Waals surface area contributed by atoms with Crippen LogP contribution in [0.1, 0.15) is 101 Å². The molecule has 582 valence electrons. The van der Waals surface area contributed by atoms with Gasteiger partial charge in [0.1, 0.15) is 72.6 Å². The Bertz CT molecular complexity index is 3870. The number of ether oxygens (including phenoxy) is 1. The number of aliphatic carboxylic acids is 4. The number of carboxylic acids is 4. The van der Waals surface area contributed by atoms with E-state index in [-0.39, 0.29) is 37.1 Å². The molecular weight excluding hydrogens is 1420 g/mol. The quantitative estimate of drug-likeness (QED) is 0.0182. The average Bonchev–Trinajstić information content (AvgIpc) is 1.74. The highest BCUT2D eigenvalue weighted by Gasteiger charge is 2.40. The Morgan fingerprint density at radius 2 is 1.08 bits per heavy atom. The minimum Gasteiger partial charge on any atom is -0.481 e. The maximum atomic E-state index is 14.7. The van der Waals surface area contributed by atoms with E-state index in [4.69, 9.17) is 21.9 Å². The second kappa shape index (κ2) is 42.2. The summed E-state index contributed by atoms with van der Waals surface area (Å²) in [4.78, 5) is 272. The summed E-state index contributed by atoms with van der Waals surface area (Å²) in [7, 11) is 0. The number of fused-ring (bicyclic) bond motifs is 1. The zero-order valence-corrected chi connectivity index (χ0v) is 57.8. The number of cyclic esters (lactones) is 1. The van der Waals surface area contributed by atoms with Crippen molar-refractivity contribution in [3.8, 4) is 0 Å². The number of Topliss-reactive ketones (excluding diaryl/α,β-unsaturated/α-hetero) is 1. The van der Waals surface area contributed by atoms with Crippen LogP contribution in [0, 0.1) is 0 Å². The van der Waals surface area contributed by atoms with Gasteiger partial charge < -0.3 is 122 Å². The van der Waals surface area contributed by atoms with Crippen molar-refractivity contribution in [2.24, 2.45) is 11.5 Å². The van der Waals surface area contributed by atoms with E-state index in [0.717, 1.165) is 13.8 Å². The van der Waals surface area contributed by atoms with Crippen molar-refractivity contribution in [2.75, 3.05) is 32.0 Å². The number of aliphatic hydroxyl groups is 1. The third kappa shape index (κ3) is 28.5. The number of ketones is 1. The number of anilines is 1. The third-order valence-corrected chi connectivity index (χ3v) is 15.8. The number of carbonyl (C=O) groups excluding carboxylic acids is 16. The number of hydrogen-bond donors (Lipinski definition) is 22. The molecule has 0 saturated carbocycles. The van der Waals surface area contributed by atoms with E-state index in [9.17, 15) is 121 Å². The summed E-state index contributed by atoms with van der Waals surface area (Å²) >= 11 is 0. The number of primary amides is 1. The van der Waals surface area contributed by atoms with Gasteiger partial charge in [-0.1, -0.05) is 37.3 Å². The number of para-hydroxylation sites is 2. The Hall–Kier alpha value is -12.7. The van der Waals surface area contributed by atoms with Crippen molar-refractivity contribution in [1.29, 1.82) is 0 Å². The Balaban J connectivity index is 1.87. The van der Waals surface area contributed by atoms with Gasteiger partial charge >= 0.3 is 29.8 Å². The molecule has 12 atom stereocenters. The lowest BCUT2D eigenvalue weighted by atomic mass is 10.0. The van der Waals surface area contributed by atoms with Crippen LogP contribution in [0.4, 0.5) is 5.69 Å². The molecule has 3 aromatic rings. The summed E-state index contributed by atoms with van der Waals surface area (Å²) in [6.07, 6.45) is -9.32. The van der Waals surface area contributed by atoms with Gasteiger partial charge in [0, 0.05) is 54.0 Å². The molecule has 107 heavy (non-hydrogen) atoms. The van der Waals surface area contributed by atoms with Crippen molar-refractivity contribution in [2.45, 2.75) is 164 Å². The number of nitrogens with one attached hydrogen (secondary N) is 14. The second-order valence-electron chi connectivity index (χ2n) is 24.2. The topological polar surface area (TPSA) is 702 Å². The summed E-state index contributed by atoms with van der Waals surface area (Å²) in [5.41, 5.74) is 17.9. The first-order valence-electron chi connectivity index (χ1n) is 32.9. The molecule has 1 fully saturated rings. The number of nitrogens with two attached hydrogens (primary N) is 3.